The van der Waals surface area contributed by atoms with Crippen molar-refractivity contribution < 1.29 is 4.79 Å². The molecule has 1 heterocycles. The lowest BCUT2D eigenvalue weighted by Gasteiger charge is -2.32. The first kappa shape index (κ1) is 14.4. The second-order valence-electron chi connectivity index (χ2n) is 5.99. The minimum absolute atomic E-state index is 0.0455. The fraction of sp³-hybridized carbons (Fsp3) is 0.667. The minimum atomic E-state index is 0.0455. The average molecular weight is 313 g/mol. The molecule has 4 atom stereocenters. The van der Waals surface area contributed by atoms with Crippen LogP contribution in [0.1, 0.15) is 31.1 Å². The van der Waals surface area contributed by atoms with Crippen molar-refractivity contribution in [1.82, 2.24) is 4.90 Å². The predicted molar refractivity (Wildman–Crippen MR) is 82.7 cm³/mol. The molecule has 3 nitrogen and oxygen atoms in total. The van der Waals surface area contributed by atoms with Crippen LogP contribution in [-0.2, 0) is 11.3 Å². The molecule has 0 radical (unpaired) electrons. The van der Waals surface area contributed by atoms with Crippen LogP contribution in [0, 0.1) is 17.8 Å². The van der Waals surface area contributed by atoms with Gasteiger partial charge in [-0.15, -0.1) is 11.3 Å². The molecule has 0 aromatic carbocycles. The Labute approximate surface area is 129 Å². The number of hydrogen-bond donors (Lipinski definition) is 1. The molecule has 2 bridgehead atoms. The zero-order valence-electron chi connectivity index (χ0n) is 11.7. The lowest BCUT2D eigenvalue weighted by atomic mass is 9.84. The van der Waals surface area contributed by atoms with Crippen LogP contribution >= 0.6 is 22.9 Å². The van der Waals surface area contributed by atoms with E-state index in [9.17, 15) is 4.79 Å². The Morgan fingerprint density at radius 1 is 1.45 bits per heavy atom. The molecule has 1 aromatic rings. The third kappa shape index (κ3) is 2.49. The van der Waals surface area contributed by atoms with E-state index in [1.165, 1.54) is 12.8 Å². The second kappa shape index (κ2) is 5.66. The van der Waals surface area contributed by atoms with Gasteiger partial charge in [-0.3, -0.25) is 4.79 Å². The summed E-state index contributed by atoms with van der Waals surface area (Å²) in [6.07, 6.45) is 3.54. The molecule has 1 aromatic heterocycles. The molecule has 2 N–H and O–H groups in total. The number of nitrogens with zero attached hydrogens (tertiary/aromatic N) is 1. The Bertz CT molecular complexity index is 502. The molecule has 0 spiro atoms. The molecule has 4 unspecified atom stereocenters. The monoisotopic (exact) mass is 312 g/mol. The number of thiophene rings is 1. The number of carbonyl (C=O) groups is 1. The normalized spacial score (nSPS) is 31.8. The average Bonchev–Trinajstić information content (AvgIpc) is 3.11. The number of fused-ring (bicyclic) bond motifs is 2. The van der Waals surface area contributed by atoms with E-state index in [0.29, 0.717) is 18.4 Å². The van der Waals surface area contributed by atoms with Crippen molar-refractivity contribution in [2.24, 2.45) is 23.5 Å². The lowest BCUT2D eigenvalue weighted by molar-refractivity contribution is -0.138. The van der Waals surface area contributed by atoms with Gasteiger partial charge in [0.05, 0.1) is 16.8 Å². The third-order valence-corrected chi connectivity index (χ3v) is 6.15. The van der Waals surface area contributed by atoms with Crippen molar-refractivity contribution in [1.29, 1.82) is 0 Å². The van der Waals surface area contributed by atoms with Crippen molar-refractivity contribution in [3.05, 3.63) is 21.3 Å². The van der Waals surface area contributed by atoms with E-state index in [-0.39, 0.29) is 17.9 Å². The summed E-state index contributed by atoms with van der Waals surface area (Å²) in [5.74, 6) is 1.38. The van der Waals surface area contributed by atoms with E-state index in [0.717, 1.165) is 22.2 Å². The van der Waals surface area contributed by atoms with Crippen LogP contribution in [0.25, 0.3) is 0 Å². The highest BCUT2D eigenvalue weighted by Crippen LogP contribution is 2.48. The largest absolute Gasteiger partial charge is 0.338 e. The van der Waals surface area contributed by atoms with Gasteiger partial charge in [-0.1, -0.05) is 11.6 Å². The molecule has 110 valence electrons. The van der Waals surface area contributed by atoms with Gasteiger partial charge in [0.2, 0.25) is 5.91 Å². The molecule has 2 aliphatic carbocycles. The summed E-state index contributed by atoms with van der Waals surface area (Å²) in [5, 5.41) is 0. The Balaban J connectivity index is 1.71. The van der Waals surface area contributed by atoms with Crippen LogP contribution in [0.15, 0.2) is 12.1 Å². The molecule has 2 fully saturated rings. The van der Waals surface area contributed by atoms with E-state index in [4.69, 9.17) is 17.3 Å². The molecule has 2 aliphatic rings. The van der Waals surface area contributed by atoms with Crippen LogP contribution < -0.4 is 5.73 Å². The summed E-state index contributed by atoms with van der Waals surface area (Å²) in [7, 11) is 0. The van der Waals surface area contributed by atoms with Crippen molar-refractivity contribution in [2.45, 2.75) is 38.8 Å². The van der Waals surface area contributed by atoms with Gasteiger partial charge in [0.15, 0.2) is 0 Å². The number of amides is 1. The smallest absolute Gasteiger partial charge is 0.227 e. The molecule has 2 saturated carbocycles. The first-order valence-electron chi connectivity index (χ1n) is 7.38. The first-order chi connectivity index (χ1) is 9.60. The first-order valence-corrected chi connectivity index (χ1v) is 8.58. The van der Waals surface area contributed by atoms with E-state index < -0.39 is 0 Å². The molecule has 1 amide bonds. The molecule has 20 heavy (non-hydrogen) atoms. The quantitative estimate of drug-likeness (QED) is 0.928. The molecule has 0 aliphatic heterocycles. The third-order valence-electron chi connectivity index (χ3n) is 4.93. The Kier molecular flexibility index (Phi) is 4.07. The number of hydrogen-bond acceptors (Lipinski definition) is 3. The zero-order chi connectivity index (χ0) is 14.3. The predicted octanol–water partition coefficient (Wildman–Crippen LogP) is 3.12. The zero-order valence-corrected chi connectivity index (χ0v) is 13.3. The van der Waals surface area contributed by atoms with Crippen molar-refractivity contribution in [2.75, 3.05) is 6.54 Å². The summed E-state index contributed by atoms with van der Waals surface area (Å²) in [5.41, 5.74) is 6.29. The maximum Gasteiger partial charge on any atom is 0.227 e. The van der Waals surface area contributed by atoms with Gasteiger partial charge in [-0.25, -0.2) is 0 Å². The fourth-order valence-electron chi connectivity index (χ4n) is 3.88. The van der Waals surface area contributed by atoms with E-state index >= 15 is 0 Å². The van der Waals surface area contributed by atoms with Gasteiger partial charge < -0.3 is 10.6 Å². The van der Waals surface area contributed by atoms with E-state index in [1.54, 1.807) is 11.3 Å². The van der Waals surface area contributed by atoms with Gasteiger partial charge >= 0.3 is 0 Å². The fourth-order valence-corrected chi connectivity index (χ4v) is 4.99. The Hall–Kier alpha value is -0.580. The second-order valence-corrected chi connectivity index (χ2v) is 7.79. The molecule has 0 saturated heterocycles. The van der Waals surface area contributed by atoms with Crippen LogP contribution in [-0.4, -0.2) is 23.4 Å². The van der Waals surface area contributed by atoms with Gasteiger partial charge in [0.25, 0.3) is 0 Å². The maximum atomic E-state index is 12.8. The summed E-state index contributed by atoms with van der Waals surface area (Å²) in [4.78, 5) is 15.9. The number of rotatable bonds is 4. The highest BCUT2D eigenvalue weighted by Gasteiger charge is 2.49. The number of nitrogens with two attached hydrogens (primary N) is 1. The van der Waals surface area contributed by atoms with Gasteiger partial charge in [0, 0.05) is 17.5 Å². The van der Waals surface area contributed by atoms with Crippen LogP contribution in [0.4, 0.5) is 0 Å². The number of halogens is 1. The summed E-state index contributed by atoms with van der Waals surface area (Å²) in [6, 6.07) is 3.97. The number of carbonyl (C=O) groups excluding carboxylic acids is 1. The van der Waals surface area contributed by atoms with E-state index in [2.05, 4.69) is 0 Å². The van der Waals surface area contributed by atoms with Crippen molar-refractivity contribution >= 4 is 28.8 Å². The lowest BCUT2D eigenvalue weighted by Crippen LogP contribution is -2.46. The van der Waals surface area contributed by atoms with Crippen LogP contribution in [0.2, 0.25) is 4.34 Å². The SMILES string of the molecule is CCN(Cc1ccc(Cl)s1)C(=O)C1C2CCC(C2)C1N. The molecule has 5 heteroatoms. The van der Waals surface area contributed by atoms with Crippen LogP contribution in [0.3, 0.4) is 0 Å². The van der Waals surface area contributed by atoms with Gasteiger partial charge in [-0.05, 0) is 50.2 Å². The van der Waals surface area contributed by atoms with Crippen LogP contribution in [0.5, 0.6) is 0 Å². The van der Waals surface area contributed by atoms with Crippen molar-refractivity contribution in [3.63, 3.8) is 0 Å². The van der Waals surface area contributed by atoms with Gasteiger partial charge in [0.1, 0.15) is 0 Å². The Morgan fingerprint density at radius 3 is 2.75 bits per heavy atom. The molecule has 3 rings (SSSR count). The minimum Gasteiger partial charge on any atom is -0.338 e. The highest BCUT2D eigenvalue weighted by atomic mass is 35.5. The highest BCUT2D eigenvalue weighted by molar-refractivity contribution is 7.16. The maximum absolute atomic E-state index is 12.8. The summed E-state index contributed by atoms with van der Waals surface area (Å²) >= 11 is 7.51. The summed E-state index contributed by atoms with van der Waals surface area (Å²) in [6.45, 7) is 3.42. The molecular formula is C15H21ClN2OS. The molecular weight excluding hydrogens is 292 g/mol. The standard InChI is InChI=1S/C15H21ClN2OS/c1-2-18(8-11-5-6-12(16)20-11)15(19)13-9-3-4-10(7-9)14(13)17/h5-6,9-10,13-14H,2-4,7-8,17H2,1H3. The topological polar surface area (TPSA) is 46.3 Å². The summed E-state index contributed by atoms with van der Waals surface area (Å²) < 4.78 is 0.778. The van der Waals surface area contributed by atoms with Crippen molar-refractivity contribution in [3.8, 4) is 0 Å². The van der Waals surface area contributed by atoms with E-state index in [1.807, 2.05) is 24.0 Å². The Morgan fingerprint density at radius 2 is 2.20 bits per heavy atom. The van der Waals surface area contributed by atoms with Gasteiger partial charge in [-0.2, -0.15) is 0 Å².